The Hall–Kier alpha value is -4.12. The summed E-state index contributed by atoms with van der Waals surface area (Å²) in [4.78, 5) is 0. The second-order valence-corrected chi connectivity index (χ2v) is 13.3. The van der Waals surface area contributed by atoms with Crippen molar-refractivity contribution in [2.24, 2.45) is 0 Å². The van der Waals surface area contributed by atoms with E-state index < -0.39 is 63.6 Å². The predicted molar refractivity (Wildman–Crippen MR) is 194 cm³/mol. The second kappa shape index (κ2) is 19.5. The minimum Gasteiger partial charge on any atom is -0.488 e. The van der Waals surface area contributed by atoms with E-state index in [9.17, 15) is 48.2 Å². The number of aliphatic hydroxyl groups is 6. The van der Waals surface area contributed by atoms with Crippen LogP contribution in [-0.2, 0) is 26.3 Å². The van der Waals surface area contributed by atoms with Gasteiger partial charge in [-0.3, -0.25) is 0 Å². The fourth-order valence-electron chi connectivity index (χ4n) is 5.81. The zero-order valence-corrected chi connectivity index (χ0v) is 30.2. The van der Waals surface area contributed by atoms with Crippen molar-refractivity contribution in [3.8, 4) is 22.6 Å². The van der Waals surface area contributed by atoms with E-state index in [1.165, 1.54) is 24.3 Å². The molecule has 10 nitrogen and oxygen atoms in total. The predicted octanol–water partition coefficient (Wildman–Crippen LogP) is 4.61. The van der Waals surface area contributed by atoms with Crippen LogP contribution >= 0.6 is 0 Å². The van der Waals surface area contributed by atoms with Crippen LogP contribution in [0.3, 0.4) is 0 Å². The van der Waals surface area contributed by atoms with E-state index in [2.05, 4.69) is 10.6 Å². The van der Waals surface area contributed by atoms with Crippen LogP contribution in [0.25, 0.3) is 11.1 Å². The molecule has 0 heterocycles. The van der Waals surface area contributed by atoms with Crippen molar-refractivity contribution < 1.29 is 57.7 Å². The van der Waals surface area contributed by atoms with Crippen molar-refractivity contribution in [3.63, 3.8) is 0 Å². The van der Waals surface area contributed by atoms with Gasteiger partial charge in [0, 0.05) is 13.1 Å². The topological polar surface area (TPSA) is 164 Å². The molecule has 14 heteroatoms. The quantitative estimate of drug-likeness (QED) is 0.0563. The highest BCUT2D eigenvalue weighted by Gasteiger charge is 2.28. The average molecular weight is 761 g/mol. The molecule has 294 valence electrons. The highest BCUT2D eigenvalue weighted by molar-refractivity contribution is 5.72. The summed E-state index contributed by atoms with van der Waals surface area (Å²) in [6.07, 6.45) is -5.69. The normalized spacial score (nSPS) is 12.2. The Kier molecular flexibility index (Phi) is 15.4. The third-order valence-electron chi connectivity index (χ3n) is 9.72. The number of hydrogen-bond acceptors (Lipinski definition) is 10. The molecule has 0 fully saturated rings. The monoisotopic (exact) mass is 760 g/mol. The van der Waals surface area contributed by atoms with Crippen LogP contribution in [0, 0.1) is 13.8 Å². The molecule has 0 atom stereocenters. The van der Waals surface area contributed by atoms with Crippen LogP contribution < -0.4 is 20.1 Å². The Balaban J connectivity index is 1.49. The van der Waals surface area contributed by atoms with E-state index in [0.717, 1.165) is 33.4 Å². The van der Waals surface area contributed by atoms with Crippen LogP contribution in [0.5, 0.6) is 11.5 Å². The number of aliphatic hydroxyl groups excluding tert-OH is 6. The summed E-state index contributed by atoms with van der Waals surface area (Å²) in [5, 5.41) is 62.9. The van der Waals surface area contributed by atoms with E-state index in [-0.39, 0.29) is 48.9 Å². The van der Waals surface area contributed by atoms with Crippen LogP contribution in [0.1, 0.15) is 57.4 Å². The maximum Gasteiger partial charge on any atom is 0.267 e. The minimum atomic E-state index is -2.85. The van der Waals surface area contributed by atoms with Gasteiger partial charge in [-0.2, -0.15) is 0 Å². The summed E-state index contributed by atoms with van der Waals surface area (Å²) in [5.41, 5.74) is 2.42. The highest BCUT2D eigenvalue weighted by Crippen LogP contribution is 2.35. The summed E-state index contributed by atoms with van der Waals surface area (Å²) in [7, 11) is 0. The van der Waals surface area contributed by atoms with Crippen LogP contribution in [-0.4, -0.2) is 81.4 Å². The lowest BCUT2D eigenvalue weighted by molar-refractivity contribution is 0.0411. The Labute approximate surface area is 311 Å². The van der Waals surface area contributed by atoms with E-state index in [1.807, 2.05) is 50.2 Å². The fourth-order valence-corrected chi connectivity index (χ4v) is 5.81. The Morgan fingerprint density at radius 1 is 0.537 bits per heavy atom. The zero-order chi connectivity index (χ0) is 39.5. The SMILES string of the molecule is Cc1c(COc2ccc(CNC(CO)(CO)CO)cc2C(F)F)cccc1-c1cccc(COc2ccc(CNC(CO)(CO)CO)cc2C(F)F)c1C. The molecule has 0 amide bonds. The first-order chi connectivity index (χ1) is 25.9. The zero-order valence-electron chi connectivity index (χ0n) is 30.2. The molecule has 0 spiro atoms. The standard InChI is InChI=1S/C40H48F4N2O8/c1-25-29(17-53-35-11-9-27(13-33(35)37(41)42)15-45-39(19-47,20-48)21-49)5-3-7-31(25)32-8-4-6-30(26(32)2)18-54-36-12-10-28(14-34(36)38(43)44)16-46-40(22-50,23-51)24-52/h3-14,37-38,45-52H,15-24H2,1-2H3. The highest BCUT2D eigenvalue weighted by atomic mass is 19.3. The molecule has 0 saturated carbocycles. The molecule has 0 aliphatic rings. The summed E-state index contributed by atoms with van der Waals surface area (Å²) in [5.74, 6) is -0.0136. The first kappa shape index (κ1) is 42.6. The molecule has 4 aromatic carbocycles. The van der Waals surface area contributed by atoms with Gasteiger partial charge >= 0.3 is 0 Å². The maximum absolute atomic E-state index is 14.1. The van der Waals surface area contributed by atoms with Crippen molar-refractivity contribution in [1.82, 2.24) is 10.6 Å². The number of rotatable bonds is 21. The molecule has 0 bridgehead atoms. The van der Waals surface area contributed by atoms with Gasteiger partial charge in [-0.1, -0.05) is 48.5 Å². The molecular weight excluding hydrogens is 712 g/mol. The van der Waals surface area contributed by atoms with E-state index in [0.29, 0.717) is 11.1 Å². The fraction of sp³-hybridized carbons (Fsp3) is 0.400. The Bertz CT molecular complexity index is 1670. The van der Waals surface area contributed by atoms with Gasteiger partial charge in [-0.25, -0.2) is 17.6 Å². The first-order valence-electron chi connectivity index (χ1n) is 17.3. The molecule has 0 aromatic heterocycles. The number of benzene rings is 4. The molecule has 4 rings (SSSR count). The number of ether oxygens (including phenoxy) is 2. The number of nitrogens with one attached hydrogen (secondary N) is 2. The van der Waals surface area contributed by atoms with Gasteiger partial charge in [-0.05, 0) is 82.6 Å². The molecule has 4 aromatic rings. The van der Waals surface area contributed by atoms with Crippen LogP contribution in [0.2, 0.25) is 0 Å². The van der Waals surface area contributed by atoms with Gasteiger partial charge < -0.3 is 50.7 Å². The maximum atomic E-state index is 14.1. The van der Waals surface area contributed by atoms with E-state index in [1.54, 1.807) is 12.1 Å². The molecular formula is C40H48F4N2O8. The molecule has 0 radical (unpaired) electrons. The third-order valence-corrected chi connectivity index (χ3v) is 9.72. The summed E-state index contributed by atoms with van der Waals surface area (Å²) < 4.78 is 68.3. The number of halogens is 4. The lowest BCUT2D eigenvalue weighted by atomic mass is 9.92. The first-order valence-corrected chi connectivity index (χ1v) is 17.3. The average Bonchev–Trinajstić information content (AvgIpc) is 3.19. The van der Waals surface area contributed by atoms with Crippen molar-refractivity contribution in [2.45, 2.75) is 64.1 Å². The molecule has 54 heavy (non-hydrogen) atoms. The lowest BCUT2D eigenvalue weighted by Crippen LogP contribution is -2.54. The van der Waals surface area contributed by atoms with Crippen molar-refractivity contribution in [1.29, 1.82) is 0 Å². The van der Waals surface area contributed by atoms with Gasteiger partial charge in [0.1, 0.15) is 24.7 Å². The van der Waals surface area contributed by atoms with Crippen LogP contribution in [0.15, 0.2) is 72.8 Å². The Morgan fingerprint density at radius 3 is 1.20 bits per heavy atom. The molecule has 0 aliphatic heterocycles. The van der Waals surface area contributed by atoms with Gasteiger partial charge in [0.15, 0.2) is 0 Å². The van der Waals surface area contributed by atoms with Gasteiger partial charge in [0.2, 0.25) is 0 Å². The van der Waals surface area contributed by atoms with Crippen LogP contribution in [0.4, 0.5) is 17.6 Å². The summed E-state index contributed by atoms with van der Waals surface area (Å²) in [6, 6.07) is 19.8. The second-order valence-electron chi connectivity index (χ2n) is 13.3. The summed E-state index contributed by atoms with van der Waals surface area (Å²) >= 11 is 0. The minimum absolute atomic E-state index is 0.00679. The van der Waals surface area contributed by atoms with E-state index >= 15 is 0 Å². The largest absolute Gasteiger partial charge is 0.488 e. The molecule has 0 aliphatic carbocycles. The van der Waals surface area contributed by atoms with Crippen molar-refractivity contribution in [2.75, 3.05) is 39.6 Å². The smallest absolute Gasteiger partial charge is 0.267 e. The van der Waals surface area contributed by atoms with Gasteiger partial charge in [0.25, 0.3) is 12.9 Å². The van der Waals surface area contributed by atoms with Crippen molar-refractivity contribution in [3.05, 3.63) is 117 Å². The Morgan fingerprint density at radius 2 is 0.889 bits per heavy atom. The molecule has 0 unspecified atom stereocenters. The van der Waals surface area contributed by atoms with E-state index in [4.69, 9.17) is 9.47 Å². The van der Waals surface area contributed by atoms with Gasteiger partial charge in [0.05, 0.1) is 61.8 Å². The number of hydrogen-bond donors (Lipinski definition) is 8. The third kappa shape index (κ3) is 10.1. The summed E-state index contributed by atoms with van der Waals surface area (Å²) in [6.45, 7) is 0.475. The van der Waals surface area contributed by atoms with Gasteiger partial charge in [-0.15, -0.1) is 0 Å². The number of alkyl halides is 4. The van der Waals surface area contributed by atoms with Crippen molar-refractivity contribution >= 4 is 0 Å². The lowest BCUT2D eigenvalue weighted by Gasteiger charge is -2.29. The molecule has 8 N–H and O–H groups in total. The molecule has 0 saturated heterocycles.